The van der Waals surface area contributed by atoms with Crippen molar-refractivity contribution >= 4 is 10.2 Å². The molecule has 0 radical (unpaired) electrons. The second-order valence-electron chi connectivity index (χ2n) is 5.64. The van der Waals surface area contributed by atoms with Crippen LogP contribution >= 0.6 is 0 Å². The van der Waals surface area contributed by atoms with E-state index in [0.717, 1.165) is 24.2 Å². The largest absolute Gasteiger partial charge is 0.337 e. The van der Waals surface area contributed by atoms with Crippen molar-refractivity contribution in [3.8, 4) is 0 Å². The number of imidazole rings is 1. The summed E-state index contributed by atoms with van der Waals surface area (Å²) in [4.78, 5) is 4.29. The molecule has 2 N–H and O–H groups in total. The summed E-state index contributed by atoms with van der Waals surface area (Å²) in [5.41, 5.74) is 0.924. The molecule has 1 aromatic heterocycles. The van der Waals surface area contributed by atoms with E-state index in [2.05, 4.69) is 14.4 Å². The minimum absolute atomic E-state index is 0.270. The summed E-state index contributed by atoms with van der Waals surface area (Å²) in [7, 11) is -1.70. The molecule has 1 aliphatic rings. The van der Waals surface area contributed by atoms with Gasteiger partial charge in [-0.15, -0.1) is 0 Å². The first-order valence-corrected chi connectivity index (χ1v) is 8.81. The Morgan fingerprint density at radius 3 is 2.64 bits per heavy atom. The smallest absolute Gasteiger partial charge is 0.277 e. The van der Waals surface area contributed by atoms with Crippen LogP contribution in [0.15, 0.2) is 42.7 Å². The molecular weight excluding hydrogens is 300 g/mol. The molecule has 6 nitrogen and oxygen atoms in total. The molecule has 3 rings (SSSR count). The van der Waals surface area contributed by atoms with Crippen molar-refractivity contribution in [1.29, 1.82) is 0 Å². The van der Waals surface area contributed by atoms with E-state index in [1.807, 2.05) is 48.1 Å². The van der Waals surface area contributed by atoms with Crippen LogP contribution in [-0.4, -0.2) is 18.0 Å². The first kappa shape index (κ1) is 15.2. The van der Waals surface area contributed by atoms with Crippen molar-refractivity contribution in [2.45, 2.75) is 25.4 Å². The fraction of sp³-hybridized carbons (Fsp3) is 0.400. The molecular formula is C15H20N4O2S. The van der Waals surface area contributed by atoms with Gasteiger partial charge < -0.3 is 4.57 Å². The zero-order valence-electron chi connectivity index (χ0n) is 12.4. The quantitative estimate of drug-likeness (QED) is 0.811. The molecule has 118 valence electrons. The number of aryl methyl sites for hydroxylation is 1. The fourth-order valence-electron chi connectivity index (χ4n) is 2.45. The molecule has 0 spiro atoms. The fourth-order valence-corrected chi connectivity index (χ4v) is 3.52. The Morgan fingerprint density at radius 2 is 2.05 bits per heavy atom. The van der Waals surface area contributed by atoms with E-state index in [4.69, 9.17) is 0 Å². The zero-order chi connectivity index (χ0) is 15.6. The maximum atomic E-state index is 12.3. The van der Waals surface area contributed by atoms with E-state index < -0.39 is 10.2 Å². The van der Waals surface area contributed by atoms with Gasteiger partial charge >= 0.3 is 0 Å². The van der Waals surface area contributed by atoms with E-state index in [1.54, 1.807) is 6.20 Å². The van der Waals surface area contributed by atoms with Gasteiger partial charge in [0.25, 0.3) is 10.2 Å². The van der Waals surface area contributed by atoms with Crippen LogP contribution < -0.4 is 9.44 Å². The molecule has 2 aromatic rings. The Hall–Kier alpha value is -1.70. The van der Waals surface area contributed by atoms with E-state index in [9.17, 15) is 8.42 Å². The summed E-state index contributed by atoms with van der Waals surface area (Å²) < 4.78 is 31.8. The van der Waals surface area contributed by atoms with Gasteiger partial charge in [0.2, 0.25) is 0 Å². The van der Waals surface area contributed by atoms with Crippen molar-refractivity contribution in [1.82, 2.24) is 19.0 Å². The minimum atomic E-state index is -3.58. The first-order valence-electron chi connectivity index (χ1n) is 7.33. The lowest BCUT2D eigenvalue weighted by atomic mass is 10.2. The van der Waals surface area contributed by atoms with Gasteiger partial charge in [0, 0.05) is 26.0 Å². The van der Waals surface area contributed by atoms with Crippen LogP contribution in [-0.2, 0) is 23.8 Å². The molecule has 22 heavy (non-hydrogen) atoms. The Balaban J connectivity index is 1.68. The molecule has 1 aromatic carbocycles. The average Bonchev–Trinajstić information content (AvgIpc) is 3.26. The van der Waals surface area contributed by atoms with Gasteiger partial charge in [-0.25, -0.2) is 4.98 Å². The van der Waals surface area contributed by atoms with Crippen molar-refractivity contribution in [3.05, 3.63) is 54.1 Å². The molecule has 1 saturated carbocycles. The van der Waals surface area contributed by atoms with E-state index in [1.165, 1.54) is 0 Å². The average molecular weight is 320 g/mol. The highest BCUT2D eigenvalue weighted by atomic mass is 32.2. The highest BCUT2D eigenvalue weighted by Crippen LogP contribution is 2.40. The third-order valence-electron chi connectivity index (χ3n) is 3.82. The summed E-state index contributed by atoms with van der Waals surface area (Å²) in [6.45, 7) is 0.272. The van der Waals surface area contributed by atoms with Crippen molar-refractivity contribution in [2.24, 2.45) is 13.0 Å². The van der Waals surface area contributed by atoms with Crippen molar-refractivity contribution in [2.75, 3.05) is 0 Å². The minimum Gasteiger partial charge on any atom is -0.337 e. The van der Waals surface area contributed by atoms with Crippen LogP contribution in [0.2, 0.25) is 0 Å². The van der Waals surface area contributed by atoms with Crippen LogP contribution in [0.5, 0.6) is 0 Å². The highest BCUT2D eigenvalue weighted by molar-refractivity contribution is 7.87. The van der Waals surface area contributed by atoms with Crippen LogP contribution in [0, 0.1) is 5.92 Å². The Bertz CT molecular complexity index is 723. The molecule has 1 heterocycles. The highest BCUT2D eigenvalue weighted by Gasteiger charge is 2.37. The van der Waals surface area contributed by atoms with Crippen LogP contribution in [0.3, 0.4) is 0 Å². The van der Waals surface area contributed by atoms with Crippen LogP contribution in [0.1, 0.15) is 30.3 Å². The molecule has 7 heteroatoms. The SMILES string of the molecule is Cn1ccnc1[C@@H](NS(=O)(=O)NCc1ccccc1)C1CC1. The van der Waals surface area contributed by atoms with Crippen molar-refractivity contribution in [3.63, 3.8) is 0 Å². The molecule has 1 aliphatic carbocycles. The number of hydrogen-bond acceptors (Lipinski definition) is 3. The third kappa shape index (κ3) is 3.73. The Kier molecular flexibility index (Phi) is 4.28. The maximum absolute atomic E-state index is 12.3. The maximum Gasteiger partial charge on any atom is 0.277 e. The number of nitrogens with one attached hydrogen (secondary N) is 2. The summed E-state index contributed by atoms with van der Waals surface area (Å²) >= 11 is 0. The monoisotopic (exact) mass is 320 g/mol. The summed E-state index contributed by atoms with van der Waals surface area (Å²) in [5.74, 6) is 1.09. The van der Waals surface area contributed by atoms with E-state index >= 15 is 0 Å². The topological polar surface area (TPSA) is 76.0 Å². The number of hydrogen-bond donors (Lipinski definition) is 2. The van der Waals surface area contributed by atoms with Gasteiger partial charge in [0.1, 0.15) is 5.82 Å². The van der Waals surface area contributed by atoms with Gasteiger partial charge in [-0.05, 0) is 24.3 Å². The van der Waals surface area contributed by atoms with Crippen LogP contribution in [0.25, 0.3) is 0 Å². The lowest BCUT2D eigenvalue weighted by Gasteiger charge is -2.18. The van der Waals surface area contributed by atoms with Gasteiger partial charge in [0.05, 0.1) is 6.04 Å². The number of rotatable bonds is 7. The van der Waals surface area contributed by atoms with Crippen molar-refractivity contribution < 1.29 is 8.42 Å². The van der Waals surface area contributed by atoms with E-state index in [0.29, 0.717) is 5.92 Å². The molecule has 0 aliphatic heterocycles. The number of benzene rings is 1. The number of aromatic nitrogens is 2. The predicted octanol–water partition coefficient (Wildman–Crippen LogP) is 1.50. The molecule has 1 atom stereocenters. The summed E-state index contributed by atoms with van der Waals surface area (Å²) in [6.07, 6.45) is 5.57. The van der Waals surface area contributed by atoms with Gasteiger partial charge in [-0.1, -0.05) is 30.3 Å². The molecule has 0 bridgehead atoms. The first-order chi connectivity index (χ1) is 10.6. The Morgan fingerprint density at radius 1 is 1.32 bits per heavy atom. The third-order valence-corrected chi connectivity index (χ3v) is 4.91. The lowest BCUT2D eigenvalue weighted by Crippen LogP contribution is -2.40. The second-order valence-corrected chi connectivity index (χ2v) is 7.17. The van der Waals surface area contributed by atoms with Gasteiger partial charge in [-0.2, -0.15) is 17.9 Å². The lowest BCUT2D eigenvalue weighted by molar-refractivity contribution is 0.492. The number of nitrogens with zero attached hydrogens (tertiary/aromatic N) is 2. The predicted molar refractivity (Wildman–Crippen MR) is 84.0 cm³/mol. The summed E-state index contributed by atoms with van der Waals surface area (Å²) in [5, 5.41) is 0. The summed E-state index contributed by atoms with van der Waals surface area (Å²) in [6, 6.07) is 9.18. The molecule has 0 unspecified atom stereocenters. The van der Waals surface area contributed by atoms with E-state index in [-0.39, 0.29) is 12.6 Å². The molecule has 1 fully saturated rings. The molecule has 0 saturated heterocycles. The zero-order valence-corrected chi connectivity index (χ0v) is 13.3. The Labute approximate surface area is 130 Å². The second kappa shape index (κ2) is 6.20. The van der Waals surface area contributed by atoms with Gasteiger partial charge in [0.15, 0.2) is 0 Å². The van der Waals surface area contributed by atoms with Crippen LogP contribution in [0.4, 0.5) is 0 Å². The normalized spacial score (nSPS) is 16.6. The van der Waals surface area contributed by atoms with Gasteiger partial charge in [-0.3, -0.25) is 0 Å². The molecule has 0 amide bonds. The standard InChI is InChI=1S/C15H20N4O2S/c1-19-10-9-16-15(19)14(13-7-8-13)18-22(20,21)17-11-12-5-3-2-4-6-12/h2-6,9-10,13-14,17-18H,7-8,11H2,1H3/t14-/m0/s1.